The zero-order valence-corrected chi connectivity index (χ0v) is 10.5. The molecule has 0 radical (unpaired) electrons. The third-order valence-corrected chi connectivity index (χ3v) is 3.28. The molecule has 0 aliphatic carbocycles. The van der Waals surface area contributed by atoms with E-state index in [1.807, 2.05) is 6.07 Å². The quantitative estimate of drug-likeness (QED) is 0.884. The van der Waals surface area contributed by atoms with Gasteiger partial charge in [-0.15, -0.1) is 0 Å². The van der Waals surface area contributed by atoms with Crippen LogP contribution in [0.2, 0.25) is 0 Å². The molecule has 0 atom stereocenters. The molecule has 2 N–H and O–H groups in total. The molecule has 1 heterocycles. The second-order valence-electron chi connectivity index (χ2n) is 4.67. The maximum Gasteiger partial charge on any atom is 0.255 e. The summed E-state index contributed by atoms with van der Waals surface area (Å²) in [5.74, 6) is -1.72. The van der Waals surface area contributed by atoms with Crippen LogP contribution in [0.5, 0.6) is 0 Å². The molecule has 2 aromatic carbocycles. The van der Waals surface area contributed by atoms with Crippen molar-refractivity contribution >= 4 is 11.6 Å². The van der Waals surface area contributed by atoms with Crippen molar-refractivity contribution in [3.8, 4) is 0 Å². The Balaban J connectivity index is 1.84. The highest BCUT2D eigenvalue weighted by atomic mass is 19.1. The number of halogens is 2. The molecule has 20 heavy (non-hydrogen) atoms. The number of hydrogen-bond donors (Lipinski definition) is 2. The third kappa shape index (κ3) is 2.40. The minimum absolute atomic E-state index is 0.159. The van der Waals surface area contributed by atoms with E-state index in [9.17, 15) is 13.6 Å². The fraction of sp³-hybridized carbons (Fsp3) is 0.133. The van der Waals surface area contributed by atoms with Gasteiger partial charge in [0.1, 0.15) is 11.6 Å². The first-order valence-electron chi connectivity index (χ1n) is 6.22. The first kappa shape index (κ1) is 12.7. The monoisotopic (exact) mass is 274 g/mol. The number of rotatable bonds is 2. The van der Waals surface area contributed by atoms with E-state index in [0.29, 0.717) is 12.1 Å². The summed E-state index contributed by atoms with van der Waals surface area (Å²) < 4.78 is 26.5. The van der Waals surface area contributed by atoms with Gasteiger partial charge in [0, 0.05) is 24.7 Å². The van der Waals surface area contributed by atoms with Crippen LogP contribution in [0, 0.1) is 11.6 Å². The van der Waals surface area contributed by atoms with Crippen molar-refractivity contribution < 1.29 is 13.6 Å². The molecule has 2 aromatic rings. The minimum Gasteiger partial charge on any atom is -0.319 e. The number of carbonyl (C=O) groups is 1. The van der Waals surface area contributed by atoms with E-state index in [1.54, 1.807) is 12.1 Å². The van der Waals surface area contributed by atoms with E-state index in [2.05, 4.69) is 10.6 Å². The summed E-state index contributed by atoms with van der Waals surface area (Å²) in [6.07, 6.45) is 0. The molecule has 3 nitrogen and oxygen atoms in total. The van der Waals surface area contributed by atoms with Crippen molar-refractivity contribution in [2.45, 2.75) is 13.1 Å². The van der Waals surface area contributed by atoms with Gasteiger partial charge in [0.2, 0.25) is 0 Å². The van der Waals surface area contributed by atoms with Crippen molar-refractivity contribution in [3.05, 3.63) is 64.7 Å². The summed E-state index contributed by atoms with van der Waals surface area (Å²) in [6, 6.07) is 8.26. The third-order valence-electron chi connectivity index (χ3n) is 3.28. The number of amides is 1. The first-order chi connectivity index (χ1) is 9.63. The lowest BCUT2D eigenvalue weighted by Gasteiger charge is -2.08. The van der Waals surface area contributed by atoms with Gasteiger partial charge in [-0.3, -0.25) is 4.79 Å². The molecular formula is C15H12F2N2O. The molecular weight excluding hydrogens is 262 g/mol. The van der Waals surface area contributed by atoms with Gasteiger partial charge in [-0.1, -0.05) is 6.07 Å². The first-order valence-corrected chi connectivity index (χ1v) is 6.22. The molecule has 0 saturated carbocycles. The van der Waals surface area contributed by atoms with Gasteiger partial charge in [-0.05, 0) is 35.4 Å². The van der Waals surface area contributed by atoms with E-state index in [0.717, 1.165) is 35.9 Å². The molecule has 1 aliphatic heterocycles. The molecule has 0 spiro atoms. The van der Waals surface area contributed by atoms with Crippen molar-refractivity contribution in [1.29, 1.82) is 0 Å². The highest BCUT2D eigenvalue weighted by molar-refractivity contribution is 6.04. The standard InChI is InChI=1S/C15H12F2N2O/c16-12-3-4-13(17)14(6-12)19-15(20)9-1-2-10-7-18-8-11(10)5-9/h1-6,18H,7-8H2,(H,19,20). The van der Waals surface area contributed by atoms with E-state index in [4.69, 9.17) is 0 Å². The van der Waals surface area contributed by atoms with Crippen LogP contribution in [0.25, 0.3) is 0 Å². The van der Waals surface area contributed by atoms with Gasteiger partial charge < -0.3 is 10.6 Å². The highest BCUT2D eigenvalue weighted by Gasteiger charge is 2.14. The van der Waals surface area contributed by atoms with Gasteiger partial charge >= 0.3 is 0 Å². The van der Waals surface area contributed by atoms with Gasteiger partial charge in [-0.25, -0.2) is 8.78 Å². The Morgan fingerprint density at radius 2 is 1.85 bits per heavy atom. The summed E-state index contributed by atoms with van der Waals surface area (Å²) >= 11 is 0. The van der Waals surface area contributed by atoms with Gasteiger partial charge in [-0.2, -0.15) is 0 Å². The summed E-state index contributed by atoms with van der Waals surface area (Å²) in [7, 11) is 0. The summed E-state index contributed by atoms with van der Waals surface area (Å²) in [6.45, 7) is 1.50. The Kier molecular flexibility index (Phi) is 3.20. The van der Waals surface area contributed by atoms with Gasteiger partial charge in [0.25, 0.3) is 5.91 Å². The predicted octanol–water partition coefficient (Wildman–Crippen LogP) is 2.82. The fourth-order valence-corrected chi connectivity index (χ4v) is 2.22. The van der Waals surface area contributed by atoms with E-state index in [-0.39, 0.29) is 5.69 Å². The molecule has 3 rings (SSSR count). The summed E-state index contributed by atoms with van der Waals surface area (Å²) in [4.78, 5) is 12.1. The lowest BCUT2D eigenvalue weighted by Crippen LogP contribution is -2.13. The summed E-state index contributed by atoms with van der Waals surface area (Å²) in [5.41, 5.74) is 2.47. The Labute approximate surface area is 114 Å². The molecule has 0 aromatic heterocycles. The largest absolute Gasteiger partial charge is 0.319 e. The molecule has 102 valence electrons. The smallest absolute Gasteiger partial charge is 0.255 e. The Morgan fingerprint density at radius 3 is 2.70 bits per heavy atom. The van der Waals surface area contributed by atoms with Crippen molar-refractivity contribution in [1.82, 2.24) is 5.32 Å². The number of hydrogen-bond acceptors (Lipinski definition) is 2. The normalized spacial score (nSPS) is 13.1. The van der Waals surface area contributed by atoms with Crippen LogP contribution < -0.4 is 10.6 Å². The van der Waals surface area contributed by atoms with Crippen molar-refractivity contribution in [2.75, 3.05) is 5.32 Å². The highest BCUT2D eigenvalue weighted by Crippen LogP contribution is 2.19. The number of anilines is 1. The van der Waals surface area contributed by atoms with Crippen molar-refractivity contribution in [3.63, 3.8) is 0 Å². The SMILES string of the molecule is O=C(Nc1cc(F)ccc1F)c1ccc2c(c1)CNC2. The van der Waals surface area contributed by atoms with Gasteiger partial charge in [0.05, 0.1) is 5.69 Å². The van der Waals surface area contributed by atoms with Crippen molar-refractivity contribution in [2.24, 2.45) is 0 Å². The average molecular weight is 274 g/mol. The van der Waals surface area contributed by atoms with Crippen LogP contribution >= 0.6 is 0 Å². The van der Waals surface area contributed by atoms with Crippen LogP contribution in [0.3, 0.4) is 0 Å². The Bertz CT molecular complexity index is 686. The maximum atomic E-state index is 13.5. The molecule has 1 aliphatic rings. The fourth-order valence-electron chi connectivity index (χ4n) is 2.22. The number of nitrogens with one attached hydrogen (secondary N) is 2. The number of fused-ring (bicyclic) bond motifs is 1. The van der Waals surface area contributed by atoms with Crippen LogP contribution in [0.4, 0.5) is 14.5 Å². The topological polar surface area (TPSA) is 41.1 Å². The molecule has 0 bridgehead atoms. The van der Waals surface area contributed by atoms with Crippen LogP contribution in [0.15, 0.2) is 36.4 Å². The predicted molar refractivity (Wildman–Crippen MR) is 71.3 cm³/mol. The zero-order valence-electron chi connectivity index (χ0n) is 10.5. The summed E-state index contributed by atoms with van der Waals surface area (Å²) in [5, 5.41) is 5.56. The molecule has 5 heteroatoms. The lowest BCUT2D eigenvalue weighted by molar-refractivity contribution is 0.102. The molecule has 0 saturated heterocycles. The lowest BCUT2D eigenvalue weighted by atomic mass is 10.1. The average Bonchev–Trinajstić information content (AvgIpc) is 2.90. The zero-order chi connectivity index (χ0) is 14.1. The van der Waals surface area contributed by atoms with Gasteiger partial charge in [0.15, 0.2) is 0 Å². The van der Waals surface area contributed by atoms with E-state index >= 15 is 0 Å². The maximum absolute atomic E-state index is 13.5. The number of carbonyl (C=O) groups excluding carboxylic acids is 1. The van der Waals surface area contributed by atoms with E-state index in [1.165, 1.54) is 0 Å². The minimum atomic E-state index is -0.664. The van der Waals surface area contributed by atoms with Crippen LogP contribution in [-0.2, 0) is 13.1 Å². The second kappa shape index (κ2) is 5.02. The molecule has 0 unspecified atom stereocenters. The number of benzene rings is 2. The second-order valence-corrected chi connectivity index (χ2v) is 4.67. The molecule has 1 amide bonds. The van der Waals surface area contributed by atoms with Crippen LogP contribution in [-0.4, -0.2) is 5.91 Å². The van der Waals surface area contributed by atoms with Crippen LogP contribution in [0.1, 0.15) is 21.5 Å². The Morgan fingerprint density at radius 1 is 1.05 bits per heavy atom. The molecule has 0 fully saturated rings. The Hall–Kier alpha value is -2.27. The van der Waals surface area contributed by atoms with E-state index < -0.39 is 17.5 Å².